The van der Waals surface area contributed by atoms with Crippen molar-refractivity contribution in [1.29, 1.82) is 0 Å². The van der Waals surface area contributed by atoms with Crippen molar-refractivity contribution in [2.45, 2.75) is 12.5 Å². The number of ether oxygens (including phenoxy) is 1. The van der Waals surface area contributed by atoms with Gasteiger partial charge < -0.3 is 21.1 Å². The minimum Gasteiger partial charge on any atom is -0.383 e. The number of anilines is 1. The number of carbonyl (C=O) groups is 1. The summed E-state index contributed by atoms with van der Waals surface area (Å²) < 4.78 is 4.90. The molecule has 0 fully saturated rings. The lowest BCUT2D eigenvalue weighted by atomic mass is 10.2. The molecule has 0 saturated carbocycles. The van der Waals surface area contributed by atoms with Gasteiger partial charge in [-0.2, -0.15) is 0 Å². The zero-order valence-electron chi connectivity index (χ0n) is 9.98. The number of hydrogen-bond acceptors (Lipinski definition) is 3. The summed E-state index contributed by atoms with van der Waals surface area (Å²) in [6, 6.07) is 9.02. The van der Waals surface area contributed by atoms with Crippen LogP contribution in [0.1, 0.15) is 6.42 Å². The van der Waals surface area contributed by atoms with Gasteiger partial charge in [0.05, 0.1) is 6.61 Å². The highest BCUT2D eigenvalue weighted by molar-refractivity contribution is 5.89. The van der Waals surface area contributed by atoms with Crippen LogP contribution in [0.25, 0.3) is 0 Å². The van der Waals surface area contributed by atoms with Gasteiger partial charge in [0.1, 0.15) is 0 Å². The third-order valence-electron chi connectivity index (χ3n) is 2.21. The molecular weight excluding hydrogens is 218 g/mol. The van der Waals surface area contributed by atoms with E-state index in [-0.39, 0.29) is 12.1 Å². The number of carbonyl (C=O) groups excluding carboxylic acids is 1. The van der Waals surface area contributed by atoms with Crippen molar-refractivity contribution >= 4 is 11.7 Å². The molecule has 5 heteroatoms. The second-order valence-corrected chi connectivity index (χ2v) is 3.75. The number of nitrogens with one attached hydrogen (secondary N) is 2. The third kappa shape index (κ3) is 5.89. The van der Waals surface area contributed by atoms with E-state index in [0.717, 1.165) is 5.69 Å². The molecule has 0 radical (unpaired) electrons. The SMILES string of the molecule is COCC(N)CCNC(=O)Nc1ccccc1. The average Bonchev–Trinajstić information content (AvgIpc) is 2.30. The van der Waals surface area contributed by atoms with E-state index < -0.39 is 0 Å². The topological polar surface area (TPSA) is 76.4 Å². The van der Waals surface area contributed by atoms with Crippen LogP contribution in [0, 0.1) is 0 Å². The van der Waals surface area contributed by atoms with Crippen LogP contribution in [0.4, 0.5) is 10.5 Å². The summed E-state index contributed by atoms with van der Waals surface area (Å²) in [5, 5.41) is 5.46. The second-order valence-electron chi connectivity index (χ2n) is 3.75. The van der Waals surface area contributed by atoms with Gasteiger partial charge >= 0.3 is 6.03 Å². The normalized spacial score (nSPS) is 11.9. The minimum absolute atomic E-state index is 0.0444. The summed E-state index contributed by atoms with van der Waals surface area (Å²) in [5.74, 6) is 0. The molecule has 1 unspecified atom stereocenters. The van der Waals surface area contributed by atoms with Crippen molar-refractivity contribution in [3.05, 3.63) is 30.3 Å². The smallest absolute Gasteiger partial charge is 0.319 e. The number of hydrogen-bond donors (Lipinski definition) is 3. The van der Waals surface area contributed by atoms with E-state index in [1.54, 1.807) is 7.11 Å². The summed E-state index contributed by atoms with van der Waals surface area (Å²) in [4.78, 5) is 11.5. The van der Waals surface area contributed by atoms with Gasteiger partial charge in [-0.3, -0.25) is 0 Å². The van der Waals surface area contributed by atoms with E-state index in [4.69, 9.17) is 10.5 Å². The number of rotatable bonds is 6. The van der Waals surface area contributed by atoms with Crippen molar-refractivity contribution in [3.63, 3.8) is 0 Å². The first kappa shape index (κ1) is 13.5. The Balaban J connectivity index is 2.18. The number of benzene rings is 1. The summed E-state index contributed by atoms with van der Waals surface area (Å²) in [6.45, 7) is 1.03. The highest BCUT2D eigenvalue weighted by atomic mass is 16.5. The largest absolute Gasteiger partial charge is 0.383 e. The van der Waals surface area contributed by atoms with Crippen LogP contribution in [0.15, 0.2) is 30.3 Å². The highest BCUT2D eigenvalue weighted by Gasteiger charge is 2.03. The fourth-order valence-corrected chi connectivity index (χ4v) is 1.37. The molecule has 5 nitrogen and oxygen atoms in total. The number of urea groups is 1. The Labute approximate surface area is 101 Å². The highest BCUT2D eigenvalue weighted by Crippen LogP contribution is 2.03. The molecule has 1 aromatic rings. The molecular formula is C12H19N3O2. The van der Waals surface area contributed by atoms with Crippen LogP contribution in [0.5, 0.6) is 0 Å². The average molecular weight is 237 g/mol. The molecule has 2 amide bonds. The summed E-state index contributed by atoms with van der Waals surface area (Å²) in [5.41, 5.74) is 6.50. The van der Waals surface area contributed by atoms with Gasteiger partial charge in [-0.05, 0) is 18.6 Å². The van der Waals surface area contributed by atoms with Crippen LogP contribution >= 0.6 is 0 Å². The van der Waals surface area contributed by atoms with Crippen molar-refractivity contribution in [1.82, 2.24) is 5.32 Å². The van der Waals surface area contributed by atoms with Crippen molar-refractivity contribution in [2.75, 3.05) is 25.6 Å². The molecule has 0 saturated heterocycles. The summed E-state index contributed by atoms with van der Waals surface area (Å²) >= 11 is 0. The van der Waals surface area contributed by atoms with E-state index in [1.807, 2.05) is 30.3 Å². The Bertz CT molecular complexity index is 330. The first-order valence-corrected chi connectivity index (χ1v) is 5.57. The van der Waals surface area contributed by atoms with Gasteiger partial charge in [0.2, 0.25) is 0 Å². The number of methoxy groups -OCH3 is 1. The molecule has 94 valence electrons. The number of para-hydroxylation sites is 1. The minimum atomic E-state index is -0.221. The van der Waals surface area contributed by atoms with Gasteiger partial charge in [0.15, 0.2) is 0 Å². The van der Waals surface area contributed by atoms with Crippen LogP contribution in [0.2, 0.25) is 0 Å². The lowest BCUT2D eigenvalue weighted by molar-refractivity contribution is 0.177. The molecule has 1 atom stereocenters. The molecule has 0 aliphatic heterocycles. The molecule has 0 aromatic heterocycles. The van der Waals surface area contributed by atoms with Crippen LogP contribution < -0.4 is 16.4 Å². The van der Waals surface area contributed by atoms with Crippen molar-refractivity contribution in [2.24, 2.45) is 5.73 Å². The molecule has 0 spiro atoms. The Kier molecular flexibility index (Phi) is 6.06. The molecule has 0 aliphatic rings. The van der Waals surface area contributed by atoms with Gasteiger partial charge in [-0.25, -0.2) is 4.79 Å². The van der Waals surface area contributed by atoms with E-state index >= 15 is 0 Å². The molecule has 0 bridgehead atoms. The summed E-state index contributed by atoms with van der Waals surface area (Å²) in [6.07, 6.45) is 0.691. The number of amides is 2. The second kappa shape index (κ2) is 7.65. The monoisotopic (exact) mass is 237 g/mol. The van der Waals surface area contributed by atoms with Gasteiger partial charge in [-0.15, -0.1) is 0 Å². The lowest BCUT2D eigenvalue weighted by Gasteiger charge is -2.11. The maximum atomic E-state index is 11.5. The van der Waals surface area contributed by atoms with Crippen molar-refractivity contribution in [3.8, 4) is 0 Å². The van der Waals surface area contributed by atoms with E-state index in [1.165, 1.54) is 0 Å². The van der Waals surface area contributed by atoms with Gasteiger partial charge in [0.25, 0.3) is 0 Å². The Morgan fingerprint density at radius 2 is 2.12 bits per heavy atom. The standard InChI is InChI=1S/C12H19N3O2/c1-17-9-10(13)7-8-14-12(16)15-11-5-3-2-4-6-11/h2-6,10H,7-9,13H2,1H3,(H2,14,15,16). The number of nitrogens with two attached hydrogens (primary N) is 1. The van der Waals surface area contributed by atoms with Gasteiger partial charge in [-0.1, -0.05) is 18.2 Å². The fraction of sp³-hybridized carbons (Fsp3) is 0.417. The van der Waals surface area contributed by atoms with Crippen LogP contribution in [-0.2, 0) is 4.74 Å². The molecule has 1 rings (SSSR count). The molecule has 17 heavy (non-hydrogen) atoms. The van der Waals surface area contributed by atoms with Gasteiger partial charge in [0, 0.05) is 25.4 Å². The van der Waals surface area contributed by atoms with Crippen molar-refractivity contribution < 1.29 is 9.53 Å². The first-order chi connectivity index (χ1) is 8.22. The molecule has 0 heterocycles. The molecule has 0 aliphatic carbocycles. The molecule has 4 N–H and O–H groups in total. The fourth-order valence-electron chi connectivity index (χ4n) is 1.37. The Morgan fingerprint density at radius 1 is 1.41 bits per heavy atom. The zero-order chi connectivity index (χ0) is 12.5. The lowest BCUT2D eigenvalue weighted by Crippen LogP contribution is -2.34. The van der Waals surface area contributed by atoms with Crippen LogP contribution in [-0.4, -0.2) is 32.3 Å². The predicted molar refractivity (Wildman–Crippen MR) is 67.9 cm³/mol. The quantitative estimate of drug-likeness (QED) is 0.695. The maximum absolute atomic E-state index is 11.5. The van der Waals surface area contributed by atoms with E-state index in [9.17, 15) is 4.79 Å². The van der Waals surface area contributed by atoms with Crippen LogP contribution in [0.3, 0.4) is 0 Å². The predicted octanol–water partition coefficient (Wildman–Crippen LogP) is 1.17. The molecule has 1 aromatic carbocycles. The summed E-state index contributed by atoms with van der Waals surface area (Å²) in [7, 11) is 1.61. The van der Waals surface area contributed by atoms with E-state index in [0.29, 0.717) is 19.6 Å². The zero-order valence-corrected chi connectivity index (χ0v) is 9.98. The maximum Gasteiger partial charge on any atom is 0.319 e. The Hall–Kier alpha value is -1.59. The Morgan fingerprint density at radius 3 is 2.76 bits per heavy atom. The third-order valence-corrected chi connectivity index (χ3v) is 2.21. The first-order valence-electron chi connectivity index (χ1n) is 5.57. The van der Waals surface area contributed by atoms with E-state index in [2.05, 4.69) is 10.6 Å².